The highest BCUT2D eigenvalue weighted by Crippen LogP contribution is 2.49. The number of hydrogen-bond acceptors (Lipinski definition) is 2. The first-order chi connectivity index (χ1) is 13.9. The summed E-state index contributed by atoms with van der Waals surface area (Å²) in [5.74, 6) is 1.65. The van der Waals surface area contributed by atoms with E-state index in [1.807, 2.05) is 27.7 Å². The zero-order valence-corrected chi connectivity index (χ0v) is 19.9. The second-order valence-corrected chi connectivity index (χ2v) is 8.70. The minimum Gasteiger partial charge on any atom is -0.376 e. The molecule has 168 valence electrons. The monoisotopic (exact) mass is 404 g/mol. The van der Waals surface area contributed by atoms with Crippen molar-refractivity contribution in [2.75, 3.05) is 6.61 Å². The van der Waals surface area contributed by atoms with E-state index in [0.29, 0.717) is 30.6 Å². The summed E-state index contributed by atoms with van der Waals surface area (Å²) in [6.07, 6.45) is 7.35. The van der Waals surface area contributed by atoms with Gasteiger partial charge in [-0.05, 0) is 55.4 Å². The number of carbonyl (C=O) groups is 1. The summed E-state index contributed by atoms with van der Waals surface area (Å²) in [6, 6.07) is 8.59. The first-order valence-corrected chi connectivity index (χ1v) is 11.8. The molecule has 0 aromatic heterocycles. The number of benzene rings is 1. The van der Waals surface area contributed by atoms with Gasteiger partial charge in [-0.2, -0.15) is 0 Å². The van der Waals surface area contributed by atoms with Crippen LogP contribution in [-0.4, -0.2) is 12.4 Å². The molecule has 2 aliphatic carbocycles. The van der Waals surface area contributed by atoms with E-state index in [1.165, 1.54) is 36.8 Å². The van der Waals surface area contributed by atoms with Crippen LogP contribution in [-0.2, 0) is 16.1 Å². The SMILES string of the molecule is C=C1CC(=O)C[C@@](C)(C2CCCC(COCc3ccc(C)cc3)C2)C1.CC.CC.[HH].[HH]. The van der Waals surface area contributed by atoms with E-state index < -0.39 is 0 Å². The normalized spacial score (nSPS) is 26.7. The highest BCUT2D eigenvalue weighted by Gasteiger charge is 2.41. The van der Waals surface area contributed by atoms with E-state index in [-0.39, 0.29) is 8.27 Å². The molecular formula is C27H48O2. The summed E-state index contributed by atoms with van der Waals surface area (Å²) in [5.41, 5.74) is 3.80. The predicted molar refractivity (Wildman–Crippen MR) is 129 cm³/mol. The fourth-order valence-electron chi connectivity index (χ4n) is 4.88. The lowest BCUT2D eigenvalue weighted by atomic mass is 9.60. The number of hydrogen-bond donors (Lipinski definition) is 0. The zero-order chi connectivity index (χ0) is 21.9. The van der Waals surface area contributed by atoms with Crippen LogP contribution < -0.4 is 0 Å². The fraction of sp³-hybridized carbons (Fsp3) is 0.667. The summed E-state index contributed by atoms with van der Waals surface area (Å²) < 4.78 is 6.03. The quantitative estimate of drug-likeness (QED) is 0.462. The molecule has 3 atom stereocenters. The van der Waals surface area contributed by atoms with Gasteiger partial charge in [0.15, 0.2) is 0 Å². The lowest BCUT2D eigenvalue weighted by Gasteiger charge is -2.44. The Labute approximate surface area is 183 Å². The van der Waals surface area contributed by atoms with Crippen molar-refractivity contribution in [3.8, 4) is 0 Å². The van der Waals surface area contributed by atoms with Crippen molar-refractivity contribution < 1.29 is 12.4 Å². The molecule has 3 rings (SSSR count). The third-order valence-corrected chi connectivity index (χ3v) is 6.21. The third kappa shape index (κ3) is 8.09. The molecule has 0 N–H and O–H groups in total. The van der Waals surface area contributed by atoms with Gasteiger partial charge in [-0.25, -0.2) is 0 Å². The second kappa shape index (κ2) is 13.0. The standard InChI is InChI=1S/C23H32O2.2C2H6.2H2/c1-17-7-9-19(10-8-17)15-25-16-20-5-4-6-21(12-20)23(3)13-18(2)11-22(24)14-23;2*1-2;;/h7-10,20-21H,2,4-6,11-16H2,1,3H3;2*1-2H3;2*1H/t20?,21?,23-;;;;/m0..../s1. The molecule has 29 heavy (non-hydrogen) atoms. The summed E-state index contributed by atoms with van der Waals surface area (Å²) in [6.45, 7) is 18.1. The van der Waals surface area contributed by atoms with Gasteiger partial charge in [-0.15, -0.1) is 0 Å². The minimum atomic E-state index is 0. The van der Waals surface area contributed by atoms with Crippen LogP contribution in [0.2, 0.25) is 0 Å². The van der Waals surface area contributed by atoms with Crippen LogP contribution in [0.4, 0.5) is 0 Å². The molecule has 2 saturated carbocycles. The first-order valence-electron chi connectivity index (χ1n) is 11.8. The Balaban J connectivity index is 0. The van der Waals surface area contributed by atoms with Crippen molar-refractivity contribution in [1.82, 2.24) is 0 Å². The van der Waals surface area contributed by atoms with Crippen LogP contribution in [0.1, 0.15) is 93.5 Å². The smallest absolute Gasteiger partial charge is 0.137 e. The number of allylic oxidation sites excluding steroid dienone is 1. The lowest BCUT2D eigenvalue weighted by Crippen LogP contribution is -2.37. The van der Waals surface area contributed by atoms with E-state index in [9.17, 15) is 4.79 Å². The number of Topliss-reactive ketones (excluding diaryl/α,β-unsaturated/α-hetero) is 1. The highest BCUT2D eigenvalue weighted by atomic mass is 16.5. The highest BCUT2D eigenvalue weighted by molar-refractivity contribution is 5.82. The van der Waals surface area contributed by atoms with E-state index in [4.69, 9.17) is 4.74 Å². The number of ether oxygens (including phenoxy) is 1. The van der Waals surface area contributed by atoms with E-state index in [2.05, 4.69) is 44.7 Å². The minimum absolute atomic E-state index is 0. The average Bonchev–Trinajstić information content (AvgIpc) is 2.72. The Morgan fingerprint density at radius 3 is 2.38 bits per heavy atom. The molecule has 1 aromatic rings. The van der Waals surface area contributed by atoms with Crippen LogP contribution in [0, 0.1) is 24.2 Å². The van der Waals surface area contributed by atoms with Gasteiger partial charge in [0.25, 0.3) is 0 Å². The van der Waals surface area contributed by atoms with Gasteiger partial charge in [-0.1, -0.05) is 83.0 Å². The van der Waals surface area contributed by atoms with Gasteiger partial charge in [0.2, 0.25) is 0 Å². The molecule has 2 fully saturated rings. The van der Waals surface area contributed by atoms with Gasteiger partial charge in [0.05, 0.1) is 6.61 Å². The summed E-state index contributed by atoms with van der Waals surface area (Å²) in [5, 5.41) is 0. The van der Waals surface area contributed by atoms with Crippen molar-refractivity contribution >= 4 is 5.78 Å². The van der Waals surface area contributed by atoms with Crippen molar-refractivity contribution in [1.29, 1.82) is 0 Å². The Kier molecular flexibility index (Phi) is 11.5. The summed E-state index contributed by atoms with van der Waals surface area (Å²) in [7, 11) is 0. The fourth-order valence-corrected chi connectivity index (χ4v) is 4.88. The molecule has 0 heterocycles. The van der Waals surface area contributed by atoms with Gasteiger partial charge in [0, 0.05) is 22.3 Å². The van der Waals surface area contributed by atoms with Gasteiger partial charge < -0.3 is 4.74 Å². The van der Waals surface area contributed by atoms with Gasteiger partial charge >= 0.3 is 0 Å². The molecule has 2 unspecified atom stereocenters. The lowest BCUT2D eigenvalue weighted by molar-refractivity contribution is -0.123. The maximum atomic E-state index is 12.1. The maximum Gasteiger partial charge on any atom is 0.137 e. The van der Waals surface area contributed by atoms with Crippen LogP contribution >= 0.6 is 0 Å². The molecule has 0 saturated heterocycles. The number of rotatable bonds is 5. The van der Waals surface area contributed by atoms with Gasteiger partial charge in [-0.3, -0.25) is 4.79 Å². The van der Waals surface area contributed by atoms with Crippen molar-refractivity contribution in [2.45, 2.75) is 93.1 Å². The van der Waals surface area contributed by atoms with Crippen LogP contribution in [0.25, 0.3) is 0 Å². The van der Waals surface area contributed by atoms with Crippen molar-refractivity contribution in [3.05, 3.63) is 47.5 Å². The van der Waals surface area contributed by atoms with Crippen LogP contribution in [0.3, 0.4) is 0 Å². The molecule has 0 radical (unpaired) electrons. The summed E-state index contributed by atoms with van der Waals surface area (Å²) >= 11 is 0. The Bertz CT molecular complexity index is 609. The first kappa shape index (κ1) is 25.6. The Hall–Kier alpha value is -1.41. The van der Waals surface area contributed by atoms with Crippen molar-refractivity contribution in [3.63, 3.8) is 0 Å². The van der Waals surface area contributed by atoms with Crippen LogP contribution in [0.15, 0.2) is 36.4 Å². The molecule has 2 aliphatic rings. The maximum absolute atomic E-state index is 12.1. The third-order valence-electron chi connectivity index (χ3n) is 6.21. The molecule has 2 nitrogen and oxygen atoms in total. The van der Waals surface area contributed by atoms with E-state index in [0.717, 1.165) is 25.0 Å². The molecule has 0 spiro atoms. The Morgan fingerprint density at radius 1 is 1.10 bits per heavy atom. The topological polar surface area (TPSA) is 26.3 Å². The van der Waals surface area contributed by atoms with E-state index >= 15 is 0 Å². The summed E-state index contributed by atoms with van der Waals surface area (Å²) in [4.78, 5) is 12.1. The number of carbonyl (C=O) groups excluding carboxylic acids is 1. The molecule has 0 amide bonds. The van der Waals surface area contributed by atoms with Crippen molar-refractivity contribution in [2.24, 2.45) is 17.3 Å². The number of ketones is 1. The average molecular weight is 405 g/mol. The molecule has 0 aliphatic heterocycles. The number of aryl methyl sites for hydroxylation is 1. The van der Waals surface area contributed by atoms with Crippen LogP contribution in [0.5, 0.6) is 0 Å². The molecular weight excluding hydrogens is 356 g/mol. The Morgan fingerprint density at radius 2 is 1.76 bits per heavy atom. The van der Waals surface area contributed by atoms with Gasteiger partial charge in [0.1, 0.15) is 5.78 Å². The molecule has 0 bridgehead atoms. The largest absolute Gasteiger partial charge is 0.376 e. The zero-order valence-electron chi connectivity index (χ0n) is 19.9. The molecule has 2 heteroatoms. The molecule has 1 aromatic carbocycles. The predicted octanol–water partition coefficient (Wildman–Crippen LogP) is 8.18. The van der Waals surface area contributed by atoms with E-state index in [1.54, 1.807) is 0 Å². The second-order valence-electron chi connectivity index (χ2n) is 8.70.